The van der Waals surface area contributed by atoms with E-state index in [1.807, 2.05) is 39.4 Å². The van der Waals surface area contributed by atoms with Crippen molar-refractivity contribution in [2.24, 2.45) is 0 Å². The van der Waals surface area contributed by atoms with Gasteiger partial charge in [0.15, 0.2) is 0 Å². The molecule has 0 fully saturated rings. The molecule has 6 nitrogen and oxygen atoms in total. The van der Waals surface area contributed by atoms with Crippen LogP contribution in [0.3, 0.4) is 0 Å². The van der Waals surface area contributed by atoms with Crippen molar-refractivity contribution in [3.63, 3.8) is 0 Å². The predicted octanol–water partition coefficient (Wildman–Crippen LogP) is 3.38. The van der Waals surface area contributed by atoms with E-state index in [2.05, 4.69) is 35.9 Å². The molecule has 0 saturated carbocycles. The van der Waals surface area contributed by atoms with Crippen LogP contribution in [0.15, 0.2) is 55.6 Å². The van der Waals surface area contributed by atoms with Gasteiger partial charge in [-0.05, 0) is 38.3 Å². The average Bonchev–Trinajstić information content (AvgIpc) is 3.32. The predicted molar refractivity (Wildman–Crippen MR) is 102 cm³/mol. The number of amides is 1. The number of hydrogen-bond donors (Lipinski definition) is 0. The van der Waals surface area contributed by atoms with E-state index < -0.39 is 0 Å². The summed E-state index contributed by atoms with van der Waals surface area (Å²) in [5.74, 6) is 0.0750. The molecule has 1 atom stereocenters. The molecule has 0 radical (unpaired) electrons. The van der Waals surface area contributed by atoms with E-state index in [0.29, 0.717) is 6.54 Å². The quantitative estimate of drug-likeness (QED) is 0.656. The second kappa shape index (κ2) is 7.99. The molecule has 136 valence electrons. The second-order valence-electron chi connectivity index (χ2n) is 6.57. The molecule has 1 unspecified atom stereocenters. The van der Waals surface area contributed by atoms with Crippen LogP contribution < -0.4 is 4.90 Å². The standard InChI is InChI=1S/C20H25N5O/c1-16-6-4-7-17(2)19(16)25(11-5-10-23-12-8-21-14-23)20(26)18(3)24-13-9-22-15-24/h4,6-9,12-15,18H,5,10-11H2,1-3H3. The van der Waals surface area contributed by atoms with Crippen molar-refractivity contribution in [1.29, 1.82) is 0 Å². The Morgan fingerprint density at radius 1 is 1.12 bits per heavy atom. The molecule has 2 heterocycles. The lowest BCUT2D eigenvalue weighted by atomic mass is 10.1. The first-order valence-electron chi connectivity index (χ1n) is 8.88. The van der Waals surface area contributed by atoms with Gasteiger partial charge in [0.1, 0.15) is 6.04 Å². The number of para-hydroxylation sites is 1. The van der Waals surface area contributed by atoms with E-state index in [1.54, 1.807) is 25.0 Å². The van der Waals surface area contributed by atoms with E-state index in [4.69, 9.17) is 0 Å². The Balaban J connectivity index is 1.84. The minimum absolute atomic E-state index is 0.0750. The van der Waals surface area contributed by atoms with Crippen LogP contribution in [0.25, 0.3) is 0 Å². The number of benzene rings is 1. The highest BCUT2D eigenvalue weighted by molar-refractivity contribution is 5.97. The Morgan fingerprint density at radius 3 is 2.42 bits per heavy atom. The first kappa shape index (κ1) is 17.9. The summed E-state index contributed by atoms with van der Waals surface area (Å²) in [7, 11) is 0. The van der Waals surface area contributed by atoms with Gasteiger partial charge >= 0.3 is 0 Å². The van der Waals surface area contributed by atoms with Crippen LogP contribution in [0.2, 0.25) is 0 Å². The van der Waals surface area contributed by atoms with Crippen LogP contribution in [-0.4, -0.2) is 31.6 Å². The molecule has 3 aromatic rings. The van der Waals surface area contributed by atoms with Crippen molar-refractivity contribution in [3.05, 3.63) is 66.8 Å². The summed E-state index contributed by atoms with van der Waals surface area (Å²) in [5.41, 5.74) is 3.23. The lowest BCUT2D eigenvalue weighted by Crippen LogP contribution is -2.38. The first-order chi connectivity index (χ1) is 12.6. The molecule has 0 bridgehead atoms. The highest BCUT2D eigenvalue weighted by Crippen LogP contribution is 2.27. The summed E-state index contributed by atoms with van der Waals surface area (Å²) in [4.78, 5) is 23.4. The molecular formula is C20H25N5O. The molecule has 0 aliphatic carbocycles. The minimum Gasteiger partial charge on any atom is -0.337 e. The Hall–Kier alpha value is -2.89. The van der Waals surface area contributed by atoms with Gasteiger partial charge in [0.25, 0.3) is 0 Å². The molecular weight excluding hydrogens is 326 g/mol. The molecule has 6 heteroatoms. The number of hydrogen-bond acceptors (Lipinski definition) is 3. The SMILES string of the molecule is Cc1cccc(C)c1N(CCCn1ccnc1)C(=O)C(C)n1ccnc1. The van der Waals surface area contributed by atoms with Gasteiger partial charge in [0, 0.05) is 43.6 Å². The average molecular weight is 351 g/mol. The fraction of sp³-hybridized carbons (Fsp3) is 0.350. The molecule has 0 spiro atoms. The monoisotopic (exact) mass is 351 g/mol. The van der Waals surface area contributed by atoms with E-state index >= 15 is 0 Å². The van der Waals surface area contributed by atoms with Crippen LogP contribution >= 0.6 is 0 Å². The first-order valence-corrected chi connectivity index (χ1v) is 8.88. The largest absolute Gasteiger partial charge is 0.337 e. The fourth-order valence-corrected chi connectivity index (χ4v) is 3.25. The normalized spacial score (nSPS) is 12.1. The Labute approximate surface area is 154 Å². The van der Waals surface area contributed by atoms with Crippen molar-refractivity contribution in [2.45, 2.75) is 39.8 Å². The number of anilines is 1. The molecule has 3 rings (SSSR count). The minimum atomic E-state index is -0.301. The summed E-state index contributed by atoms with van der Waals surface area (Å²) >= 11 is 0. The van der Waals surface area contributed by atoms with Crippen LogP contribution in [0.4, 0.5) is 5.69 Å². The van der Waals surface area contributed by atoms with Gasteiger partial charge < -0.3 is 14.0 Å². The van der Waals surface area contributed by atoms with Gasteiger partial charge in [-0.1, -0.05) is 18.2 Å². The number of nitrogens with zero attached hydrogens (tertiary/aromatic N) is 5. The zero-order valence-corrected chi connectivity index (χ0v) is 15.5. The highest BCUT2D eigenvalue weighted by Gasteiger charge is 2.25. The maximum Gasteiger partial charge on any atom is 0.249 e. The summed E-state index contributed by atoms with van der Waals surface area (Å²) in [6.07, 6.45) is 11.6. The van der Waals surface area contributed by atoms with E-state index in [-0.39, 0.29) is 11.9 Å². The van der Waals surface area contributed by atoms with E-state index in [1.165, 1.54) is 0 Å². The second-order valence-corrected chi connectivity index (χ2v) is 6.57. The third-order valence-electron chi connectivity index (χ3n) is 4.66. The topological polar surface area (TPSA) is 56.0 Å². The van der Waals surface area contributed by atoms with Crippen molar-refractivity contribution < 1.29 is 4.79 Å². The third-order valence-corrected chi connectivity index (χ3v) is 4.66. The molecule has 0 saturated heterocycles. The molecule has 1 aromatic carbocycles. The summed E-state index contributed by atoms with van der Waals surface area (Å²) < 4.78 is 3.88. The Morgan fingerprint density at radius 2 is 1.81 bits per heavy atom. The van der Waals surface area contributed by atoms with Gasteiger partial charge in [-0.25, -0.2) is 9.97 Å². The molecule has 26 heavy (non-hydrogen) atoms. The Kier molecular flexibility index (Phi) is 5.51. The highest BCUT2D eigenvalue weighted by atomic mass is 16.2. The molecule has 0 N–H and O–H groups in total. The number of imidazole rings is 2. The lowest BCUT2D eigenvalue weighted by molar-refractivity contribution is -0.121. The zero-order valence-electron chi connectivity index (χ0n) is 15.5. The number of aryl methyl sites for hydroxylation is 3. The number of carbonyl (C=O) groups is 1. The van der Waals surface area contributed by atoms with E-state index in [9.17, 15) is 4.79 Å². The zero-order chi connectivity index (χ0) is 18.5. The van der Waals surface area contributed by atoms with Crippen LogP contribution in [0.5, 0.6) is 0 Å². The smallest absolute Gasteiger partial charge is 0.249 e. The van der Waals surface area contributed by atoms with Crippen molar-refractivity contribution in [2.75, 3.05) is 11.4 Å². The summed E-state index contributed by atoms with van der Waals surface area (Å²) in [5, 5.41) is 0. The van der Waals surface area contributed by atoms with Crippen molar-refractivity contribution in [1.82, 2.24) is 19.1 Å². The maximum atomic E-state index is 13.3. The Bertz CT molecular complexity index is 819. The van der Waals surface area contributed by atoms with Crippen LogP contribution in [0, 0.1) is 13.8 Å². The third kappa shape index (κ3) is 3.85. The van der Waals surface area contributed by atoms with Crippen LogP contribution in [0.1, 0.15) is 30.5 Å². The number of rotatable bonds is 7. The van der Waals surface area contributed by atoms with Gasteiger partial charge in [-0.2, -0.15) is 0 Å². The molecule has 1 amide bonds. The van der Waals surface area contributed by atoms with Crippen molar-refractivity contribution >= 4 is 11.6 Å². The van der Waals surface area contributed by atoms with Gasteiger partial charge in [0.2, 0.25) is 5.91 Å². The van der Waals surface area contributed by atoms with Crippen molar-refractivity contribution in [3.8, 4) is 0 Å². The van der Waals surface area contributed by atoms with Gasteiger partial charge in [-0.15, -0.1) is 0 Å². The number of aromatic nitrogens is 4. The van der Waals surface area contributed by atoms with E-state index in [0.717, 1.165) is 29.8 Å². The summed E-state index contributed by atoms with van der Waals surface area (Å²) in [6, 6.07) is 5.84. The molecule has 0 aliphatic heterocycles. The van der Waals surface area contributed by atoms with Gasteiger partial charge in [0.05, 0.1) is 12.7 Å². The maximum absolute atomic E-state index is 13.3. The van der Waals surface area contributed by atoms with Gasteiger partial charge in [-0.3, -0.25) is 4.79 Å². The molecule has 2 aromatic heterocycles. The summed E-state index contributed by atoms with van der Waals surface area (Å²) in [6.45, 7) is 7.51. The lowest BCUT2D eigenvalue weighted by Gasteiger charge is -2.29. The fourth-order valence-electron chi connectivity index (χ4n) is 3.25. The number of carbonyl (C=O) groups excluding carboxylic acids is 1. The van der Waals surface area contributed by atoms with Crippen LogP contribution in [-0.2, 0) is 11.3 Å². The molecule has 0 aliphatic rings.